The van der Waals surface area contributed by atoms with Gasteiger partial charge in [0.1, 0.15) is 5.82 Å². The molecular formula is C21H23N3O2S. The molecule has 1 aliphatic rings. The van der Waals surface area contributed by atoms with Crippen molar-refractivity contribution in [3.63, 3.8) is 0 Å². The molecule has 1 saturated heterocycles. The van der Waals surface area contributed by atoms with Crippen LogP contribution in [0.4, 0.5) is 5.69 Å². The average Bonchev–Trinajstić information content (AvgIpc) is 2.72. The molecule has 0 atom stereocenters. The number of anilines is 1. The van der Waals surface area contributed by atoms with Crippen LogP contribution in [0.1, 0.15) is 24.2 Å². The summed E-state index contributed by atoms with van der Waals surface area (Å²) in [6, 6.07) is 16.0. The Morgan fingerprint density at radius 3 is 2.78 bits per heavy atom. The van der Waals surface area contributed by atoms with Gasteiger partial charge in [-0.3, -0.25) is 4.79 Å². The fourth-order valence-corrected chi connectivity index (χ4v) is 4.26. The van der Waals surface area contributed by atoms with Crippen LogP contribution in [0, 0.1) is 0 Å². The zero-order valence-corrected chi connectivity index (χ0v) is 15.9. The molecule has 0 spiro atoms. The van der Waals surface area contributed by atoms with E-state index in [2.05, 4.69) is 27.4 Å². The van der Waals surface area contributed by atoms with Gasteiger partial charge in [0.15, 0.2) is 0 Å². The highest BCUT2D eigenvalue weighted by Gasteiger charge is 2.15. The second-order valence-corrected chi connectivity index (χ2v) is 8.00. The van der Waals surface area contributed by atoms with Crippen molar-refractivity contribution in [2.75, 3.05) is 18.5 Å². The maximum atomic E-state index is 12.4. The Hall–Kier alpha value is -2.31. The minimum atomic E-state index is -0.0720. The Morgan fingerprint density at radius 2 is 1.96 bits per heavy atom. The number of fused-ring (bicyclic) bond motifs is 1. The quantitative estimate of drug-likeness (QED) is 0.677. The van der Waals surface area contributed by atoms with Crippen LogP contribution in [0.15, 0.2) is 53.3 Å². The minimum absolute atomic E-state index is 0.0720. The van der Waals surface area contributed by atoms with Crippen molar-refractivity contribution < 1.29 is 4.74 Å². The van der Waals surface area contributed by atoms with Crippen molar-refractivity contribution in [2.45, 2.75) is 30.4 Å². The Kier molecular flexibility index (Phi) is 5.75. The number of aromatic nitrogens is 2. The van der Waals surface area contributed by atoms with Gasteiger partial charge in [0.25, 0.3) is 5.56 Å². The molecule has 1 fully saturated rings. The van der Waals surface area contributed by atoms with Crippen LogP contribution in [-0.4, -0.2) is 28.4 Å². The molecule has 1 aliphatic heterocycles. The van der Waals surface area contributed by atoms with Crippen LogP contribution in [0.3, 0.4) is 0 Å². The second-order valence-electron chi connectivity index (χ2n) is 6.71. The molecule has 0 amide bonds. The number of hydrogen-bond acceptors (Lipinski definition) is 5. The number of benzene rings is 2. The Balaban J connectivity index is 1.48. The molecule has 0 unspecified atom stereocenters. The lowest BCUT2D eigenvalue weighted by molar-refractivity contribution is 0.1000. The van der Waals surface area contributed by atoms with Gasteiger partial charge in [-0.15, -0.1) is 0 Å². The van der Waals surface area contributed by atoms with Crippen molar-refractivity contribution in [2.24, 2.45) is 0 Å². The summed E-state index contributed by atoms with van der Waals surface area (Å²) >= 11 is 1.85. The zero-order valence-electron chi connectivity index (χ0n) is 15.1. The van der Waals surface area contributed by atoms with Crippen molar-refractivity contribution >= 4 is 28.4 Å². The zero-order chi connectivity index (χ0) is 18.5. The van der Waals surface area contributed by atoms with Crippen LogP contribution < -0.4 is 10.9 Å². The lowest BCUT2D eigenvalue weighted by Gasteiger charge is -2.21. The van der Waals surface area contributed by atoms with E-state index in [-0.39, 0.29) is 5.56 Å². The molecule has 0 aliphatic carbocycles. The molecule has 0 radical (unpaired) electrons. The highest BCUT2D eigenvalue weighted by molar-refractivity contribution is 7.99. The molecule has 140 valence electrons. The molecule has 0 saturated carbocycles. The number of aromatic amines is 1. The summed E-state index contributed by atoms with van der Waals surface area (Å²) < 4.78 is 5.40. The molecule has 6 heteroatoms. The summed E-state index contributed by atoms with van der Waals surface area (Å²) in [4.78, 5) is 20.0. The highest BCUT2D eigenvalue weighted by atomic mass is 32.2. The Morgan fingerprint density at radius 1 is 1.15 bits per heavy atom. The molecule has 0 bridgehead atoms. The maximum Gasteiger partial charge on any atom is 0.258 e. The van der Waals surface area contributed by atoms with Crippen LogP contribution in [0.25, 0.3) is 10.9 Å². The van der Waals surface area contributed by atoms with E-state index in [1.54, 1.807) is 0 Å². The third-order valence-electron chi connectivity index (χ3n) is 4.72. The molecule has 27 heavy (non-hydrogen) atoms. The van der Waals surface area contributed by atoms with Crippen molar-refractivity contribution in [1.82, 2.24) is 9.97 Å². The van der Waals surface area contributed by atoms with Gasteiger partial charge in [0.2, 0.25) is 0 Å². The predicted octanol–water partition coefficient (Wildman–Crippen LogP) is 3.95. The van der Waals surface area contributed by atoms with Gasteiger partial charge >= 0.3 is 0 Å². The third kappa shape index (κ3) is 4.70. The van der Waals surface area contributed by atoms with Gasteiger partial charge in [-0.25, -0.2) is 4.98 Å². The summed E-state index contributed by atoms with van der Waals surface area (Å²) in [5.74, 6) is 1.46. The number of nitrogens with one attached hydrogen (secondary N) is 2. The lowest BCUT2D eigenvalue weighted by atomic mass is 10.2. The molecule has 2 N–H and O–H groups in total. The minimum Gasteiger partial charge on any atom is -0.381 e. The molecule has 4 rings (SSSR count). The normalized spacial score (nSPS) is 15.1. The van der Waals surface area contributed by atoms with E-state index in [0.29, 0.717) is 10.6 Å². The van der Waals surface area contributed by atoms with E-state index < -0.39 is 0 Å². The smallest absolute Gasteiger partial charge is 0.258 e. The molecule has 2 aromatic carbocycles. The topological polar surface area (TPSA) is 67.0 Å². The van der Waals surface area contributed by atoms with E-state index in [0.717, 1.165) is 55.4 Å². The maximum absolute atomic E-state index is 12.4. The first-order valence-corrected chi connectivity index (χ1v) is 10.3. The molecular weight excluding hydrogens is 358 g/mol. The van der Waals surface area contributed by atoms with Gasteiger partial charge in [-0.1, -0.05) is 30.3 Å². The first kappa shape index (κ1) is 18.1. The molecule has 5 nitrogen and oxygen atoms in total. The van der Waals surface area contributed by atoms with E-state index in [9.17, 15) is 4.79 Å². The van der Waals surface area contributed by atoms with Crippen LogP contribution >= 0.6 is 11.8 Å². The number of rotatable bonds is 6. The van der Waals surface area contributed by atoms with E-state index in [4.69, 9.17) is 4.74 Å². The predicted molar refractivity (Wildman–Crippen MR) is 111 cm³/mol. The average molecular weight is 382 g/mol. The van der Waals surface area contributed by atoms with Gasteiger partial charge in [0, 0.05) is 30.7 Å². The fourth-order valence-electron chi connectivity index (χ4n) is 3.21. The van der Waals surface area contributed by atoms with Crippen LogP contribution in [0.5, 0.6) is 0 Å². The van der Waals surface area contributed by atoms with E-state index in [1.807, 2.05) is 48.2 Å². The molecule has 3 aromatic rings. The number of ether oxygens (including phenoxy) is 1. The summed E-state index contributed by atoms with van der Waals surface area (Å²) in [7, 11) is 0. The second kappa shape index (κ2) is 8.59. The first-order chi connectivity index (χ1) is 13.3. The summed E-state index contributed by atoms with van der Waals surface area (Å²) in [5.41, 5.74) is 2.84. The van der Waals surface area contributed by atoms with Gasteiger partial charge < -0.3 is 15.0 Å². The number of nitrogens with zero attached hydrogens (tertiary/aromatic N) is 1. The number of H-pyrrole nitrogens is 1. The molecule has 1 aromatic heterocycles. The van der Waals surface area contributed by atoms with E-state index in [1.165, 1.54) is 5.56 Å². The fraction of sp³-hybridized carbons (Fsp3) is 0.333. The molecule has 2 heterocycles. The Labute approximate surface area is 162 Å². The van der Waals surface area contributed by atoms with Gasteiger partial charge in [-0.2, -0.15) is 11.8 Å². The van der Waals surface area contributed by atoms with Crippen molar-refractivity contribution in [1.29, 1.82) is 0 Å². The van der Waals surface area contributed by atoms with E-state index >= 15 is 0 Å². The number of hydrogen-bond donors (Lipinski definition) is 2. The summed E-state index contributed by atoms with van der Waals surface area (Å²) in [6.07, 6.45) is 2.13. The van der Waals surface area contributed by atoms with Gasteiger partial charge in [-0.05, 0) is 36.6 Å². The highest BCUT2D eigenvalue weighted by Crippen LogP contribution is 2.25. The number of thioether (sulfide) groups is 1. The first-order valence-electron chi connectivity index (χ1n) is 9.28. The standard InChI is InChI=1S/C21H23N3O2S/c25-21-18-7-6-16(22-13-15-4-2-1-3-5-15)12-19(18)23-20(24-21)14-27-17-8-10-26-11-9-17/h1-7,12,17,22H,8-11,13-14H2,(H,23,24,25). The third-order valence-corrected chi connectivity index (χ3v) is 6.10. The summed E-state index contributed by atoms with van der Waals surface area (Å²) in [6.45, 7) is 2.40. The van der Waals surface area contributed by atoms with Gasteiger partial charge in [0.05, 0.1) is 16.7 Å². The monoisotopic (exact) mass is 381 g/mol. The summed E-state index contributed by atoms with van der Waals surface area (Å²) in [5, 5.41) is 4.61. The SMILES string of the molecule is O=c1[nH]c(CSC2CCOCC2)nc2cc(NCc3ccccc3)ccc12. The van der Waals surface area contributed by atoms with Crippen LogP contribution in [-0.2, 0) is 17.0 Å². The van der Waals surface area contributed by atoms with Crippen LogP contribution in [0.2, 0.25) is 0 Å². The largest absolute Gasteiger partial charge is 0.381 e. The Bertz CT molecular complexity index is 953. The lowest BCUT2D eigenvalue weighted by Crippen LogP contribution is -2.18. The van der Waals surface area contributed by atoms with Crippen molar-refractivity contribution in [3.8, 4) is 0 Å². The van der Waals surface area contributed by atoms with Crippen molar-refractivity contribution in [3.05, 3.63) is 70.3 Å².